The SMILES string of the molecule is N#Cc1ccc(N2CCC(NCc3ccccc3F)CC2)nc1. The van der Waals surface area contributed by atoms with E-state index in [1.165, 1.54) is 6.07 Å². The van der Waals surface area contributed by atoms with Gasteiger partial charge in [0.25, 0.3) is 0 Å². The maximum atomic E-state index is 13.6. The Morgan fingerprint density at radius 1 is 1.22 bits per heavy atom. The van der Waals surface area contributed by atoms with E-state index in [0.29, 0.717) is 23.7 Å². The Hall–Kier alpha value is -2.45. The van der Waals surface area contributed by atoms with Crippen molar-refractivity contribution in [3.8, 4) is 6.07 Å². The van der Waals surface area contributed by atoms with Gasteiger partial charge in [0.15, 0.2) is 0 Å². The molecule has 1 aliphatic rings. The number of hydrogen-bond acceptors (Lipinski definition) is 4. The third kappa shape index (κ3) is 3.85. The molecule has 1 aliphatic heterocycles. The van der Waals surface area contributed by atoms with Crippen LogP contribution in [0.4, 0.5) is 10.2 Å². The van der Waals surface area contributed by atoms with E-state index in [-0.39, 0.29) is 5.82 Å². The summed E-state index contributed by atoms with van der Waals surface area (Å²) in [5.41, 5.74) is 1.29. The van der Waals surface area contributed by atoms with Gasteiger partial charge < -0.3 is 10.2 Å². The number of anilines is 1. The van der Waals surface area contributed by atoms with Gasteiger partial charge in [-0.25, -0.2) is 9.37 Å². The van der Waals surface area contributed by atoms with Gasteiger partial charge in [-0.3, -0.25) is 0 Å². The molecule has 118 valence electrons. The Morgan fingerprint density at radius 2 is 2.00 bits per heavy atom. The largest absolute Gasteiger partial charge is 0.357 e. The van der Waals surface area contributed by atoms with Crippen molar-refractivity contribution in [2.75, 3.05) is 18.0 Å². The molecule has 23 heavy (non-hydrogen) atoms. The fourth-order valence-corrected chi connectivity index (χ4v) is 2.85. The van der Waals surface area contributed by atoms with Crippen molar-refractivity contribution in [1.82, 2.24) is 10.3 Å². The van der Waals surface area contributed by atoms with E-state index in [4.69, 9.17) is 5.26 Å². The zero-order valence-electron chi connectivity index (χ0n) is 12.9. The van der Waals surface area contributed by atoms with Crippen LogP contribution in [-0.2, 0) is 6.54 Å². The topological polar surface area (TPSA) is 52.0 Å². The molecule has 1 saturated heterocycles. The summed E-state index contributed by atoms with van der Waals surface area (Å²) in [5.74, 6) is 0.760. The molecular weight excluding hydrogens is 291 g/mol. The molecule has 0 unspecified atom stereocenters. The molecule has 1 aromatic carbocycles. The maximum absolute atomic E-state index is 13.6. The van der Waals surface area contributed by atoms with E-state index in [1.54, 1.807) is 18.3 Å². The summed E-state index contributed by atoms with van der Waals surface area (Å²) in [6.07, 6.45) is 3.60. The first-order chi connectivity index (χ1) is 11.3. The van der Waals surface area contributed by atoms with Crippen LogP contribution >= 0.6 is 0 Å². The van der Waals surface area contributed by atoms with Crippen LogP contribution in [0.2, 0.25) is 0 Å². The highest BCUT2D eigenvalue weighted by Gasteiger charge is 2.20. The first kappa shape index (κ1) is 15.4. The summed E-state index contributed by atoms with van der Waals surface area (Å²) in [5, 5.41) is 12.2. The number of hydrogen-bond donors (Lipinski definition) is 1. The lowest BCUT2D eigenvalue weighted by molar-refractivity contribution is 0.409. The summed E-state index contributed by atoms with van der Waals surface area (Å²) >= 11 is 0. The lowest BCUT2D eigenvalue weighted by Gasteiger charge is -2.33. The van der Waals surface area contributed by atoms with Crippen LogP contribution in [0.25, 0.3) is 0 Å². The number of piperidine rings is 1. The Morgan fingerprint density at radius 3 is 2.65 bits per heavy atom. The van der Waals surface area contributed by atoms with Crippen molar-refractivity contribution in [2.45, 2.75) is 25.4 Å². The molecule has 2 heterocycles. The van der Waals surface area contributed by atoms with Crippen LogP contribution in [0.5, 0.6) is 0 Å². The minimum atomic E-state index is -0.154. The number of nitriles is 1. The fourth-order valence-electron chi connectivity index (χ4n) is 2.85. The van der Waals surface area contributed by atoms with Crippen LogP contribution < -0.4 is 10.2 Å². The molecule has 0 radical (unpaired) electrons. The molecule has 5 heteroatoms. The number of aromatic nitrogens is 1. The van der Waals surface area contributed by atoms with E-state index in [1.807, 2.05) is 18.2 Å². The summed E-state index contributed by atoms with van der Waals surface area (Å²) in [6.45, 7) is 2.38. The molecule has 0 atom stereocenters. The van der Waals surface area contributed by atoms with Crippen LogP contribution in [0.3, 0.4) is 0 Å². The highest BCUT2D eigenvalue weighted by molar-refractivity contribution is 5.42. The van der Waals surface area contributed by atoms with Crippen molar-refractivity contribution in [3.63, 3.8) is 0 Å². The van der Waals surface area contributed by atoms with Gasteiger partial charge in [-0.1, -0.05) is 18.2 Å². The summed E-state index contributed by atoms with van der Waals surface area (Å²) in [6, 6.07) is 13.0. The number of nitrogens with zero attached hydrogens (tertiary/aromatic N) is 3. The van der Waals surface area contributed by atoms with Gasteiger partial charge in [0, 0.05) is 37.4 Å². The second-order valence-corrected chi connectivity index (χ2v) is 5.75. The molecule has 1 fully saturated rings. The van der Waals surface area contributed by atoms with Crippen LogP contribution in [0, 0.1) is 17.1 Å². The summed E-state index contributed by atoms with van der Waals surface area (Å²) in [4.78, 5) is 6.56. The monoisotopic (exact) mass is 310 g/mol. The second-order valence-electron chi connectivity index (χ2n) is 5.75. The van der Waals surface area contributed by atoms with E-state index >= 15 is 0 Å². The quantitative estimate of drug-likeness (QED) is 0.943. The normalized spacial score (nSPS) is 15.4. The molecule has 1 N–H and O–H groups in total. The van der Waals surface area contributed by atoms with Gasteiger partial charge >= 0.3 is 0 Å². The average molecular weight is 310 g/mol. The van der Waals surface area contributed by atoms with Crippen LogP contribution in [0.15, 0.2) is 42.6 Å². The highest BCUT2D eigenvalue weighted by Crippen LogP contribution is 2.18. The minimum Gasteiger partial charge on any atom is -0.357 e. The van der Waals surface area contributed by atoms with Crippen molar-refractivity contribution in [3.05, 3.63) is 59.5 Å². The molecule has 0 amide bonds. The Kier molecular flexibility index (Phi) is 4.84. The summed E-state index contributed by atoms with van der Waals surface area (Å²) < 4.78 is 13.6. The second kappa shape index (κ2) is 7.21. The van der Waals surface area contributed by atoms with Gasteiger partial charge in [0.2, 0.25) is 0 Å². The number of nitrogens with one attached hydrogen (secondary N) is 1. The first-order valence-electron chi connectivity index (χ1n) is 7.84. The third-order valence-corrected chi connectivity index (χ3v) is 4.23. The molecule has 1 aromatic heterocycles. The van der Waals surface area contributed by atoms with Crippen molar-refractivity contribution < 1.29 is 4.39 Å². The number of pyridine rings is 1. The molecule has 0 spiro atoms. The van der Waals surface area contributed by atoms with Gasteiger partial charge in [0.1, 0.15) is 17.7 Å². The Bertz CT molecular complexity index is 685. The van der Waals surface area contributed by atoms with Crippen molar-refractivity contribution in [1.29, 1.82) is 5.26 Å². The minimum absolute atomic E-state index is 0.154. The highest BCUT2D eigenvalue weighted by atomic mass is 19.1. The van der Waals surface area contributed by atoms with Crippen molar-refractivity contribution >= 4 is 5.82 Å². The Balaban J connectivity index is 1.50. The van der Waals surface area contributed by atoms with Crippen LogP contribution in [0.1, 0.15) is 24.0 Å². The summed E-state index contributed by atoms with van der Waals surface area (Å²) in [7, 11) is 0. The first-order valence-corrected chi connectivity index (χ1v) is 7.84. The number of halogens is 1. The maximum Gasteiger partial charge on any atom is 0.128 e. The lowest BCUT2D eigenvalue weighted by atomic mass is 10.0. The van der Waals surface area contributed by atoms with Crippen LogP contribution in [-0.4, -0.2) is 24.1 Å². The molecule has 0 bridgehead atoms. The average Bonchev–Trinajstić information content (AvgIpc) is 2.62. The lowest BCUT2D eigenvalue weighted by Crippen LogP contribution is -2.42. The zero-order chi connectivity index (χ0) is 16.1. The standard InChI is InChI=1S/C18H19FN4/c19-17-4-2-1-3-15(17)13-21-16-7-9-23(10-8-16)18-6-5-14(11-20)12-22-18/h1-6,12,16,21H,7-10,13H2. The molecule has 2 aromatic rings. The smallest absolute Gasteiger partial charge is 0.128 e. The van der Waals surface area contributed by atoms with Crippen molar-refractivity contribution in [2.24, 2.45) is 0 Å². The van der Waals surface area contributed by atoms with Gasteiger partial charge in [0.05, 0.1) is 5.56 Å². The van der Waals surface area contributed by atoms with Gasteiger partial charge in [-0.15, -0.1) is 0 Å². The van der Waals surface area contributed by atoms with Gasteiger partial charge in [-0.05, 0) is 31.0 Å². The molecule has 3 rings (SSSR count). The van der Waals surface area contributed by atoms with E-state index < -0.39 is 0 Å². The Labute approximate surface area is 135 Å². The van der Waals surface area contributed by atoms with Gasteiger partial charge in [-0.2, -0.15) is 5.26 Å². The number of rotatable bonds is 4. The molecular formula is C18H19FN4. The fraction of sp³-hybridized carbons (Fsp3) is 0.333. The van der Waals surface area contributed by atoms with E-state index in [2.05, 4.69) is 21.3 Å². The molecule has 0 saturated carbocycles. The predicted molar refractivity (Wildman–Crippen MR) is 87.4 cm³/mol. The third-order valence-electron chi connectivity index (χ3n) is 4.23. The zero-order valence-corrected chi connectivity index (χ0v) is 12.9. The molecule has 4 nitrogen and oxygen atoms in total. The molecule has 0 aliphatic carbocycles. The number of benzene rings is 1. The van der Waals surface area contributed by atoms with E-state index in [0.717, 1.165) is 31.7 Å². The van der Waals surface area contributed by atoms with E-state index in [9.17, 15) is 4.39 Å². The predicted octanol–water partition coefficient (Wildman–Crippen LogP) is 2.85.